The van der Waals surface area contributed by atoms with E-state index in [1.165, 1.54) is 0 Å². The lowest BCUT2D eigenvalue weighted by atomic mass is 9.93. The Morgan fingerprint density at radius 2 is 1.92 bits per heavy atom. The van der Waals surface area contributed by atoms with Crippen molar-refractivity contribution in [2.75, 3.05) is 18.4 Å². The number of nitrogens with one attached hydrogen (secondary N) is 2. The summed E-state index contributed by atoms with van der Waals surface area (Å²) in [6.45, 7) is 2.11. The fraction of sp³-hybridized carbons (Fsp3) is 0.389. The Balaban J connectivity index is 1.52. The van der Waals surface area contributed by atoms with Crippen molar-refractivity contribution >= 4 is 17.5 Å². The molecule has 1 aromatic carbocycles. The number of piperidine rings is 1. The number of anilines is 1. The number of primary amides is 1. The van der Waals surface area contributed by atoms with Crippen LogP contribution in [0.15, 0.2) is 36.5 Å². The molecule has 4 N–H and O–H groups in total. The third-order valence-electron chi connectivity index (χ3n) is 4.50. The zero-order valence-electron chi connectivity index (χ0n) is 14.1. The SMILES string of the molecule is NC(=O)c1ccn(-c2ccc(NC(=O)CCC3CCNCC3)cc2)n1. The molecule has 1 aliphatic rings. The molecule has 3 rings (SSSR count). The van der Waals surface area contributed by atoms with Gasteiger partial charge in [-0.05, 0) is 68.6 Å². The third kappa shape index (κ3) is 4.67. The molecule has 0 spiro atoms. The van der Waals surface area contributed by atoms with Gasteiger partial charge in [-0.3, -0.25) is 9.59 Å². The highest BCUT2D eigenvalue weighted by atomic mass is 16.2. The number of amides is 2. The Bertz CT molecular complexity index is 732. The van der Waals surface area contributed by atoms with Crippen molar-refractivity contribution in [3.8, 4) is 5.69 Å². The van der Waals surface area contributed by atoms with Gasteiger partial charge in [0.15, 0.2) is 0 Å². The number of benzene rings is 1. The van der Waals surface area contributed by atoms with E-state index in [0.29, 0.717) is 12.3 Å². The average molecular weight is 341 g/mol. The predicted octanol–water partition coefficient (Wildman–Crippen LogP) is 1.69. The van der Waals surface area contributed by atoms with Gasteiger partial charge in [-0.15, -0.1) is 0 Å². The summed E-state index contributed by atoms with van der Waals surface area (Å²) in [6.07, 6.45) is 5.47. The minimum absolute atomic E-state index is 0.0430. The van der Waals surface area contributed by atoms with Gasteiger partial charge < -0.3 is 16.4 Å². The minimum atomic E-state index is -0.559. The van der Waals surface area contributed by atoms with Gasteiger partial charge in [0.1, 0.15) is 5.69 Å². The molecule has 1 aromatic heterocycles. The number of hydrogen-bond acceptors (Lipinski definition) is 4. The number of hydrogen-bond donors (Lipinski definition) is 3. The fourth-order valence-corrected chi connectivity index (χ4v) is 3.03. The summed E-state index contributed by atoms with van der Waals surface area (Å²) in [5.74, 6) is 0.131. The summed E-state index contributed by atoms with van der Waals surface area (Å²) >= 11 is 0. The molecule has 2 heterocycles. The highest BCUT2D eigenvalue weighted by Crippen LogP contribution is 2.19. The summed E-state index contributed by atoms with van der Waals surface area (Å²) in [7, 11) is 0. The van der Waals surface area contributed by atoms with Gasteiger partial charge in [0.05, 0.1) is 5.69 Å². The minimum Gasteiger partial charge on any atom is -0.364 e. The van der Waals surface area contributed by atoms with Crippen LogP contribution in [0.25, 0.3) is 5.69 Å². The van der Waals surface area contributed by atoms with Crippen LogP contribution in [0, 0.1) is 5.92 Å². The number of nitrogens with two attached hydrogens (primary N) is 1. The Morgan fingerprint density at radius 3 is 2.56 bits per heavy atom. The first kappa shape index (κ1) is 17.2. The second-order valence-corrected chi connectivity index (χ2v) is 6.34. The molecule has 1 fully saturated rings. The lowest BCUT2D eigenvalue weighted by Gasteiger charge is -2.22. The first-order chi connectivity index (χ1) is 12.1. The van der Waals surface area contributed by atoms with Crippen molar-refractivity contribution in [1.82, 2.24) is 15.1 Å². The van der Waals surface area contributed by atoms with E-state index in [1.54, 1.807) is 16.9 Å². The van der Waals surface area contributed by atoms with Crippen LogP contribution < -0.4 is 16.4 Å². The molecule has 0 radical (unpaired) electrons. The molecule has 7 nitrogen and oxygen atoms in total. The predicted molar refractivity (Wildman–Crippen MR) is 95.5 cm³/mol. The highest BCUT2D eigenvalue weighted by Gasteiger charge is 2.14. The zero-order chi connectivity index (χ0) is 17.6. The van der Waals surface area contributed by atoms with Gasteiger partial charge in [-0.2, -0.15) is 5.10 Å². The monoisotopic (exact) mass is 341 g/mol. The van der Waals surface area contributed by atoms with E-state index >= 15 is 0 Å². The molecule has 0 atom stereocenters. The van der Waals surface area contributed by atoms with Crippen LogP contribution in [0.5, 0.6) is 0 Å². The standard InChI is InChI=1S/C18H23N5O2/c19-18(25)16-9-12-23(22-16)15-4-2-14(3-5-15)21-17(24)6-1-13-7-10-20-11-8-13/h2-5,9,12-13,20H,1,6-8,10-11H2,(H2,19,25)(H,21,24). The van der Waals surface area contributed by atoms with E-state index in [2.05, 4.69) is 15.7 Å². The van der Waals surface area contributed by atoms with Crippen LogP contribution in [0.4, 0.5) is 5.69 Å². The molecule has 2 aromatic rings. The number of rotatable bonds is 6. The number of carbonyl (C=O) groups is 2. The van der Waals surface area contributed by atoms with Crippen LogP contribution in [-0.4, -0.2) is 34.7 Å². The maximum atomic E-state index is 12.1. The summed E-state index contributed by atoms with van der Waals surface area (Å²) in [5.41, 5.74) is 6.96. The van der Waals surface area contributed by atoms with Gasteiger partial charge in [-0.25, -0.2) is 4.68 Å². The maximum absolute atomic E-state index is 12.1. The van der Waals surface area contributed by atoms with Gasteiger partial charge in [0.25, 0.3) is 5.91 Å². The number of aromatic nitrogens is 2. The molecule has 0 saturated carbocycles. The van der Waals surface area contributed by atoms with Crippen LogP contribution in [0.3, 0.4) is 0 Å². The average Bonchev–Trinajstić information content (AvgIpc) is 3.12. The molecule has 132 valence electrons. The van der Waals surface area contributed by atoms with Crippen molar-refractivity contribution in [1.29, 1.82) is 0 Å². The smallest absolute Gasteiger partial charge is 0.269 e. The fourth-order valence-electron chi connectivity index (χ4n) is 3.03. The molecule has 0 aliphatic carbocycles. The summed E-state index contributed by atoms with van der Waals surface area (Å²) in [5, 5.41) is 10.4. The molecule has 0 bridgehead atoms. The first-order valence-corrected chi connectivity index (χ1v) is 8.58. The molecular weight excluding hydrogens is 318 g/mol. The zero-order valence-corrected chi connectivity index (χ0v) is 14.1. The van der Waals surface area contributed by atoms with Crippen LogP contribution in [-0.2, 0) is 4.79 Å². The quantitative estimate of drug-likeness (QED) is 0.744. The Hall–Kier alpha value is -2.67. The molecule has 0 unspecified atom stereocenters. The lowest BCUT2D eigenvalue weighted by molar-refractivity contribution is -0.116. The van der Waals surface area contributed by atoms with E-state index in [-0.39, 0.29) is 11.6 Å². The number of nitrogens with zero attached hydrogens (tertiary/aromatic N) is 2. The van der Waals surface area contributed by atoms with E-state index < -0.39 is 5.91 Å². The summed E-state index contributed by atoms with van der Waals surface area (Å²) in [4.78, 5) is 23.2. The van der Waals surface area contributed by atoms with Crippen LogP contribution in [0.1, 0.15) is 36.2 Å². The second-order valence-electron chi connectivity index (χ2n) is 6.34. The van der Waals surface area contributed by atoms with Gasteiger partial charge >= 0.3 is 0 Å². The Labute approximate surface area is 146 Å². The van der Waals surface area contributed by atoms with Crippen molar-refractivity contribution in [3.63, 3.8) is 0 Å². The lowest BCUT2D eigenvalue weighted by Crippen LogP contribution is -2.28. The van der Waals surface area contributed by atoms with Crippen LogP contribution >= 0.6 is 0 Å². The van der Waals surface area contributed by atoms with Gasteiger partial charge in [0.2, 0.25) is 5.91 Å². The topological polar surface area (TPSA) is 102 Å². The van der Waals surface area contributed by atoms with Crippen molar-refractivity contribution in [2.45, 2.75) is 25.7 Å². The van der Waals surface area contributed by atoms with Crippen molar-refractivity contribution < 1.29 is 9.59 Å². The summed E-state index contributed by atoms with van der Waals surface area (Å²) < 4.78 is 1.57. The van der Waals surface area contributed by atoms with Crippen molar-refractivity contribution in [3.05, 3.63) is 42.2 Å². The first-order valence-electron chi connectivity index (χ1n) is 8.58. The van der Waals surface area contributed by atoms with E-state index in [1.807, 2.05) is 24.3 Å². The van der Waals surface area contributed by atoms with Gasteiger partial charge in [0, 0.05) is 18.3 Å². The van der Waals surface area contributed by atoms with E-state index in [0.717, 1.165) is 43.7 Å². The summed E-state index contributed by atoms with van der Waals surface area (Å²) in [6, 6.07) is 8.88. The van der Waals surface area contributed by atoms with Crippen molar-refractivity contribution in [2.24, 2.45) is 11.7 Å². The molecule has 7 heteroatoms. The molecule has 2 amide bonds. The van der Waals surface area contributed by atoms with E-state index in [4.69, 9.17) is 5.73 Å². The van der Waals surface area contributed by atoms with Crippen LogP contribution in [0.2, 0.25) is 0 Å². The Morgan fingerprint density at radius 1 is 1.20 bits per heavy atom. The second kappa shape index (κ2) is 7.94. The third-order valence-corrected chi connectivity index (χ3v) is 4.50. The molecule has 25 heavy (non-hydrogen) atoms. The molecule has 1 aliphatic heterocycles. The van der Waals surface area contributed by atoms with E-state index in [9.17, 15) is 9.59 Å². The van der Waals surface area contributed by atoms with Gasteiger partial charge in [-0.1, -0.05) is 0 Å². The maximum Gasteiger partial charge on any atom is 0.269 e. The molecule has 1 saturated heterocycles. The Kier molecular flexibility index (Phi) is 5.45. The number of carbonyl (C=O) groups excluding carboxylic acids is 2. The normalized spacial score (nSPS) is 15.0. The highest BCUT2D eigenvalue weighted by molar-refractivity contribution is 5.91. The largest absolute Gasteiger partial charge is 0.364 e. The molecular formula is C18H23N5O2.